The maximum atomic E-state index is 6.25. The van der Waals surface area contributed by atoms with E-state index in [-0.39, 0.29) is 5.41 Å². The second-order valence-corrected chi connectivity index (χ2v) is 7.25. The zero-order valence-corrected chi connectivity index (χ0v) is 13.3. The predicted molar refractivity (Wildman–Crippen MR) is 84.8 cm³/mol. The van der Waals surface area contributed by atoms with E-state index < -0.39 is 0 Å². The van der Waals surface area contributed by atoms with E-state index in [1.165, 1.54) is 48.2 Å². The van der Waals surface area contributed by atoms with Crippen LogP contribution in [-0.2, 0) is 11.8 Å². The lowest BCUT2D eigenvalue weighted by atomic mass is 9.85. The van der Waals surface area contributed by atoms with Crippen molar-refractivity contribution in [3.63, 3.8) is 0 Å². The van der Waals surface area contributed by atoms with Crippen molar-refractivity contribution in [3.05, 3.63) is 23.3 Å². The number of nitrogens with zero attached hydrogens (tertiary/aromatic N) is 1. The highest BCUT2D eigenvalue weighted by Crippen LogP contribution is 2.46. The summed E-state index contributed by atoms with van der Waals surface area (Å²) >= 11 is 0. The summed E-state index contributed by atoms with van der Waals surface area (Å²) in [7, 11) is 0. The average Bonchev–Trinajstić information content (AvgIpc) is 2.95. The highest BCUT2D eigenvalue weighted by molar-refractivity contribution is 5.68. The molecule has 2 aliphatic heterocycles. The van der Waals surface area contributed by atoms with Crippen LogP contribution in [0.5, 0.6) is 5.75 Å². The van der Waals surface area contributed by atoms with Gasteiger partial charge in [0.25, 0.3) is 0 Å². The Bertz CT molecular complexity index is 501. The maximum absolute atomic E-state index is 6.25. The van der Waals surface area contributed by atoms with Gasteiger partial charge in [-0.3, -0.25) is 0 Å². The molecule has 1 saturated heterocycles. The Morgan fingerprint density at radius 2 is 2.10 bits per heavy atom. The van der Waals surface area contributed by atoms with Crippen LogP contribution in [0.3, 0.4) is 0 Å². The molecule has 110 valence electrons. The lowest BCUT2D eigenvalue weighted by molar-refractivity contribution is 0.237. The van der Waals surface area contributed by atoms with Gasteiger partial charge in [0.15, 0.2) is 6.23 Å². The van der Waals surface area contributed by atoms with E-state index in [4.69, 9.17) is 4.74 Å². The fourth-order valence-corrected chi connectivity index (χ4v) is 3.28. The van der Waals surface area contributed by atoms with Crippen LogP contribution in [0, 0.1) is 0 Å². The van der Waals surface area contributed by atoms with Crippen LogP contribution in [0.1, 0.15) is 64.5 Å². The number of hydrogen-bond acceptors (Lipinski definition) is 2. The van der Waals surface area contributed by atoms with Gasteiger partial charge in [0.2, 0.25) is 0 Å². The number of benzene rings is 1. The number of aryl methyl sites for hydroxylation is 1. The summed E-state index contributed by atoms with van der Waals surface area (Å²) < 4.78 is 6.25. The van der Waals surface area contributed by atoms with Gasteiger partial charge in [0.05, 0.1) is 5.69 Å². The van der Waals surface area contributed by atoms with E-state index >= 15 is 0 Å². The quantitative estimate of drug-likeness (QED) is 0.795. The number of unbranched alkanes of at least 4 members (excludes halogenated alkanes) is 1. The van der Waals surface area contributed by atoms with Gasteiger partial charge in [-0.15, -0.1) is 0 Å². The zero-order chi connectivity index (χ0) is 14.3. The maximum Gasteiger partial charge on any atom is 0.172 e. The molecule has 0 spiro atoms. The Balaban J connectivity index is 2.04. The summed E-state index contributed by atoms with van der Waals surface area (Å²) in [6.07, 6.45) is 6.36. The number of ether oxygens (including phenoxy) is 1. The normalized spacial score (nSPS) is 20.8. The first kappa shape index (κ1) is 13.8. The Hall–Kier alpha value is -1.18. The van der Waals surface area contributed by atoms with Gasteiger partial charge in [-0.2, -0.15) is 0 Å². The average molecular weight is 273 g/mol. The van der Waals surface area contributed by atoms with Crippen molar-refractivity contribution in [2.24, 2.45) is 0 Å². The fraction of sp³-hybridized carbons (Fsp3) is 0.667. The Morgan fingerprint density at radius 1 is 1.30 bits per heavy atom. The van der Waals surface area contributed by atoms with E-state index in [2.05, 4.69) is 44.7 Å². The van der Waals surface area contributed by atoms with Crippen LogP contribution in [0.2, 0.25) is 0 Å². The number of fused-ring (bicyclic) bond motifs is 3. The van der Waals surface area contributed by atoms with Crippen LogP contribution in [0.25, 0.3) is 0 Å². The van der Waals surface area contributed by atoms with E-state index in [1.54, 1.807) is 0 Å². The standard InChI is InChI=1S/C18H27NO/c1-5-6-8-13-11-14(18(2,3)4)12-15-17(13)20-16-9-7-10-19(15)16/h11-12,16H,5-10H2,1-4H3. The largest absolute Gasteiger partial charge is 0.468 e. The van der Waals surface area contributed by atoms with E-state index in [9.17, 15) is 0 Å². The SMILES string of the molecule is CCCCc1cc(C(C)(C)C)cc2c1OC1CCCN21. The molecule has 3 rings (SSSR count). The molecule has 1 aromatic carbocycles. The molecule has 0 amide bonds. The zero-order valence-electron chi connectivity index (χ0n) is 13.3. The lowest BCUT2D eigenvalue weighted by Gasteiger charge is -2.23. The first-order valence-electron chi connectivity index (χ1n) is 8.11. The molecule has 0 aromatic heterocycles. The highest BCUT2D eigenvalue weighted by Gasteiger charge is 2.37. The molecule has 2 heteroatoms. The monoisotopic (exact) mass is 273 g/mol. The van der Waals surface area contributed by atoms with Gasteiger partial charge in [0, 0.05) is 13.0 Å². The summed E-state index contributed by atoms with van der Waals surface area (Å²) in [5, 5.41) is 0. The minimum absolute atomic E-state index is 0.202. The molecule has 1 fully saturated rings. The molecular weight excluding hydrogens is 246 g/mol. The first-order chi connectivity index (χ1) is 9.50. The summed E-state index contributed by atoms with van der Waals surface area (Å²) in [6, 6.07) is 4.76. The predicted octanol–water partition coefficient (Wildman–Crippen LogP) is 4.65. The topological polar surface area (TPSA) is 12.5 Å². The van der Waals surface area contributed by atoms with Crippen LogP contribution in [-0.4, -0.2) is 12.8 Å². The molecule has 1 unspecified atom stereocenters. The molecule has 2 heterocycles. The third-order valence-corrected chi connectivity index (χ3v) is 4.57. The van der Waals surface area contributed by atoms with Crippen LogP contribution in [0.15, 0.2) is 12.1 Å². The molecule has 20 heavy (non-hydrogen) atoms. The van der Waals surface area contributed by atoms with Gasteiger partial charge in [0.1, 0.15) is 5.75 Å². The van der Waals surface area contributed by atoms with Crippen LogP contribution in [0.4, 0.5) is 5.69 Å². The van der Waals surface area contributed by atoms with Crippen molar-refractivity contribution >= 4 is 5.69 Å². The summed E-state index contributed by atoms with van der Waals surface area (Å²) in [5.74, 6) is 1.18. The molecule has 0 aliphatic carbocycles. The summed E-state index contributed by atoms with van der Waals surface area (Å²) in [4.78, 5) is 2.47. The van der Waals surface area contributed by atoms with Crippen LogP contribution >= 0.6 is 0 Å². The van der Waals surface area contributed by atoms with Crippen molar-refractivity contribution in [2.75, 3.05) is 11.4 Å². The van der Waals surface area contributed by atoms with Gasteiger partial charge >= 0.3 is 0 Å². The molecule has 1 aromatic rings. The first-order valence-corrected chi connectivity index (χ1v) is 8.11. The minimum atomic E-state index is 0.202. The summed E-state index contributed by atoms with van der Waals surface area (Å²) in [6.45, 7) is 10.3. The Labute approximate surface area is 123 Å². The van der Waals surface area contributed by atoms with Crippen molar-refractivity contribution in [1.82, 2.24) is 0 Å². The number of rotatable bonds is 3. The molecule has 2 nitrogen and oxygen atoms in total. The van der Waals surface area contributed by atoms with Crippen molar-refractivity contribution in [1.29, 1.82) is 0 Å². The molecule has 0 bridgehead atoms. The van der Waals surface area contributed by atoms with Gasteiger partial charge in [-0.05, 0) is 41.9 Å². The molecule has 0 saturated carbocycles. The third-order valence-electron chi connectivity index (χ3n) is 4.57. The van der Waals surface area contributed by atoms with Gasteiger partial charge in [-0.1, -0.05) is 40.2 Å². The van der Waals surface area contributed by atoms with Crippen molar-refractivity contribution in [3.8, 4) is 5.75 Å². The van der Waals surface area contributed by atoms with Crippen molar-refractivity contribution in [2.45, 2.75) is 71.4 Å². The molecule has 2 aliphatic rings. The molecular formula is C18H27NO. The fourth-order valence-electron chi connectivity index (χ4n) is 3.28. The van der Waals surface area contributed by atoms with E-state index in [0.717, 1.165) is 13.0 Å². The smallest absolute Gasteiger partial charge is 0.172 e. The van der Waals surface area contributed by atoms with Gasteiger partial charge in [-0.25, -0.2) is 0 Å². The van der Waals surface area contributed by atoms with E-state index in [1.807, 2.05) is 0 Å². The van der Waals surface area contributed by atoms with E-state index in [0.29, 0.717) is 6.23 Å². The second-order valence-electron chi connectivity index (χ2n) is 7.25. The Morgan fingerprint density at radius 3 is 2.80 bits per heavy atom. The summed E-state index contributed by atoms with van der Waals surface area (Å²) in [5.41, 5.74) is 4.42. The molecule has 0 radical (unpaired) electrons. The Kier molecular flexibility index (Phi) is 3.43. The number of hydrogen-bond donors (Lipinski definition) is 0. The molecule has 1 atom stereocenters. The van der Waals surface area contributed by atoms with Gasteiger partial charge < -0.3 is 9.64 Å². The third kappa shape index (κ3) is 2.30. The van der Waals surface area contributed by atoms with Crippen LogP contribution < -0.4 is 9.64 Å². The van der Waals surface area contributed by atoms with Crippen molar-refractivity contribution < 1.29 is 4.74 Å². The highest BCUT2D eigenvalue weighted by atomic mass is 16.5. The lowest BCUT2D eigenvalue weighted by Crippen LogP contribution is -2.27. The number of anilines is 1. The minimum Gasteiger partial charge on any atom is -0.468 e. The second kappa shape index (κ2) is 4.98. The molecule has 0 N–H and O–H groups in total.